The Labute approximate surface area is 230 Å². The van der Waals surface area contributed by atoms with Gasteiger partial charge in [0.15, 0.2) is 0 Å². The van der Waals surface area contributed by atoms with Gasteiger partial charge in [-0.05, 0) is 32.6 Å². The lowest BCUT2D eigenvalue weighted by molar-refractivity contribution is -0.927. The van der Waals surface area contributed by atoms with Crippen LogP contribution in [-0.4, -0.2) is 94.5 Å². The molecule has 3 nitrogen and oxygen atoms in total. The summed E-state index contributed by atoms with van der Waals surface area (Å²) in [7, 11) is 12.4. The average molecular weight is 513 g/mol. The van der Waals surface area contributed by atoms with Crippen LogP contribution >= 0.6 is 0 Å². The third-order valence-corrected chi connectivity index (χ3v) is 8.92. The van der Waals surface area contributed by atoms with E-state index in [1.807, 2.05) is 0 Å². The Kier molecular flexibility index (Phi) is 21.7. The second-order valence-electron chi connectivity index (χ2n) is 13.8. The van der Waals surface area contributed by atoms with Crippen molar-refractivity contribution in [3.63, 3.8) is 0 Å². The lowest BCUT2D eigenvalue weighted by atomic mass is 10.1. The fraction of sp³-hybridized carbons (Fsp3) is 1.00. The number of hydrogen-bond donors (Lipinski definition) is 0. The van der Waals surface area contributed by atoms with Crippen molar-refractivity contribution in [3.8, 4) is 0 Å². The predicted octanol–water partition coefficient (Wildman–Crippen LogP) is 8.67. The fourth-order valence-corrected chi connectivity index (χ4v) is 5.76. The van der Waals surface area contributed by atoms with Crippen molar-refractivity contribution in [2.45, 2.75) is 136 Å². The predicted molar refractivity (Wildman–Crippen MR) is 165 cm³/mol. The molecule has 0 saturated heterocycles. The van der Waals surface area contributed by atoms with E-state index in [9.17, 15) is 0 Å². The number of quaternary nitrogens is 3. The topological polar surface area (TPSA) is 0 Å². The molecular weight excluding hydrogens is 438 g/mol. The second kappa shape index (κ2) is 21.8. The van der Waals surface area contributed by atoms with Gasteiger partial charge in [-0.2, -0.15) is 0 Å². The SMILES string of the molecule is CCCCCCCCCC[N+](C)(C)CCC[N+](C)(CC)CCC[N+](C)(C)CCCCCCCCCC. The van der Waals surface area contributed by atoms with Gasteiger partial charge < -0.3 is 13.4 Å². The van der Waals surface area contributed by atoms with E-state index < -0.39 is 0 Å². The summed E-state index contributed by atoms with van der Waals surface area (Å²) in [6.45, 7) is 16.4. The molecule has 0 fully saturated rings. The summed E-state index contributed by atoms with van der Waals surface area (Å²) >= 11 is 0. The zero-order chi connectivity index (χ0) is 27.2. The smallest absolute Gasteiger partial charge is 0.0838 e. The quantitative estimate of drug-likeness (QED) is 0.0762. The first-order valence-corrected chi connectivity index (χ1v) is 16.6. The molecule has 0 aliphatic rings. The van der Waals surface area contributed by atoms with Crippen LogP contribution < -0.4 is 0 Å². The Balaban J connectivity index is 4.01. The minimum absolute atomic E-state index is 1.21. The maximum absolute atomic E-state index is 2.51. The maximum Gasteiger partial charge on any atom is 0.0838 e. The molecule has 218 valence electrons. The van der Waals surface area contributed by atoms with Crippen LogP contribution in [0.15, 0.2) is 0 Å². The first-order valence-electron chi connectivity index (χ1n) is 16.6. The molecule has 0 bridgehead atoms. The molecule has 0 amide bonds. The Morgan fingerprint density at radius 3 is 0.889 bits per heavy atom. The van der Waals surface area contributed by atoms with E-state index in [0.29, 0.717) is 0 Å². The number of hydrogen-bond acceptors (Lipinski definition) is 0. The van der Waals surface area contributed by atoms with E-state index in [4.69, 9.17) is 0 Å². The lowest BCUT2D eigenvalue weighted by Crippen LogP contribution is -2.50. The Hall–Kier alpha value is -0.120. The average Bonchev–Trinajstić information content (AvgIpc) is 2.82. The molecule has 0 aromatic carbocycles. The molecule has 0 atom stereocenters. The number of nitrogens with zero attached hydrogens (tertiary/aromatic N) is 3. The van der Waals surface area contributed by atoms with E-state index in [-0.39, 0.29) is 0 Å². The minimum atomic E-state index is 1.21. The molecule has 0 aliphatic carbocycles. The van der Waals surface area contributed by atoms with Gasteiger partial charge in [-0.1, -0.05) is 90.9 Å². The molecule has 0 saturated carbocycles. The van der Waals surface area contributed by atoms with Crippen molar-refractivity contribution in [1.82, 2.24) is 0 Å². The molecule has 0 rings (SSSR count). The summed E-state index contributed by atoms with van der Waals surface area (Å²) in [6.07, 6.45) is 25.6. The normalized spacial score (nSPS) is 13.0. The van der Waals surface area contributed by atoms with Gasteiger partial charge in [-0.3, -0.25) is 0 Å². The third kappa shape index (κ3) is 21.9. The molecule has 0 aliphatic heterocycles. The van der Waals surface area contributed by atoms with Crippen molar-refractivity contribution in [1.29, 1.82) is 0 Å². The van der Waals surface area contributed by atoms with Crippen molar-refractivity contribution in [3.05, 3.63) is 0 Å². The minimum Gasteiger partial charge on any atom is -0.328 e. The Morgan fingerprint density at radius 2 is 0.583 bits per heavy atom. The highest BCUT2D eigenvalue weighted by Gasteiger charge is 2.24. The molecule has 0 heterocycles. The van der Waals surface area contributed by atoms with Crippen LogP contribution in [0, 0.1) is 0 Å². The number of unbranched alkanes of at least 4 members (excludes halogenated alkanes) is 14. The van der Waals surface area contributed by atoms with Crippen molar-refractivity contribution in [2.75, 3.05) is 81.1 Å². The van der Waals surface area contributed by atoms with Gasteiger partial charge in [0, 0.05) is 12.8 Å². The molecule has 0 spiro atoms. The molecule has 0 aromatic rings. The van der Waals surface area contributed by atoms with Crippen molar-refractivity contribution >= 4 is 0 Å². The summed E-state index contributed by atoms with van der Waals surface area (Å²) < 4.78 is 3.68. The van der Waals surface area contributed by atoms with Gasteiger partial charge in [0.2, 0.25) is 0 Å². The summed E-state index contributed by atoms with van der Waals surface area (Å²) in [5.74, 6) is 0. The highest BCUT2D eigenvalue weighted by Crippen LogP contribution is 2.14. The second-order valence-corrected chi connectivity index (χ2v) is 13.8. The van der Waals surface area contributed by atoms with Crippen molar-refractivity contribution < 1.29 is 13.4 Å². The zero-order valence-electron chi connectivity index (χ0n) is 27.0. The first-order chi connectivity index (χ1) is 17.1. The van der Waals surface area contributed by atoms with Gasteiger partial charge in [0.05, 0.1) is 81.1 Å². The molecule has 3 heteroatoms. The zero-order valence-corrected chi connectivity index (χ0v) is 27.0. The van der Waals surface area contributed by atoms with Crippen LogP contribution in [0.1, 0.15) is 136 Å². The van der Waals surface area contributed by atoms with Gasteiger partial charge >= 0.3 is 0 Å². The highest BCUT2D eigenvalue weighted by molar-refractivity contribution is 4.49. The maximum atomic E-state index is 2.51. The number of rotatable bonds is 27. The summed E-state index contributed by atoms with van der Waals surface area (Å²) in [6, 6.07) is 0. The lowest BCUT2D eigenvalue weighted by Gasteiger charge is -2.37. The summed E-state index contributed by atoms with van der Waals surface area (Å²) in [5.41, 5.74) is 0. The molecular formula is C33H74N3+3. The highest BCUT2D eigenvalue weighted by atomic mass is 15.3. The van der Waals surface area contributed by atoms with Crippen LogP contribution in [0.5, 0.6) is 0 Å². The van der Waals surface area contributed by atoms with E-state index in [2.05, 4.69) is 56.0 Å². The van der Waals surface area contributed by atoms with E-state index in [0.717, 1.165) is 0 Å². The monoisotopic (exact) mass is 513 g/mol. The molecule has 0 N–H and O–H groups in total. The summed E-state index contributed by atoms with van der Waals surface area (Å²) in [5, 5.41) is 0. The Bertz CT molecular complexity index is 434. The molecule has 0 unspecified atom stereocenters. The molecule has 0 aromatic heterocycles. The van der Waals surface area contributed by atoms with E-state index >= 15 is 0 Å². The Morgan fingerprint density at radius 1 is 0.306 bits per heavy atom. The van der Waals surface area contributed by atoms with E-state index in [1.54, 1.807) is 0 Å². The van der Waals surface area contributed by atoms with Gasteiger partial charge in [-0.25, -0.2) is 0 Å². The van der Waals surface area contributed by atoms with Crippen LogP contribution in [0.4, 0.5) is 0 Å². The van der Waals surface area contributed by atoms with Gasteiger partial charge in [0.1, 0.15) is 0 Å². The summed E-state index contributed by atoms with van der Waals surface area (Å²) in [4.78, 5) is 0. The largest absolute Gasteiger partial charge is 0.328 e. The first kappa shape index (κ1) is 35.9. The van der Waals surface area contributed by atoms with Crippen molar-refractivity contribution in [2.24, 2.45) is 0 Å². The molecule has 0 radical (unpaired) electrons. The standard InChI is InChI=1S/C33H74N3/c1-9-12-14-16-18-20-22-24-28-34(4,5)30-26-32-36(8,11-3)33-27-31-35(6,7)29-25-23-21-19-17-15-13-10-2/h9-33H2,1-8H3/q+3. The fourth-order valence-electron chi connectivity index (χ4n) is 5.76. The van der Waals surface area contributed by atoms with E-state index in [1.165, 1.54) is 175 Å². The molecule has 36 heavy (non-hydrogen) atoms. The van der Waals surface area contributed by atoms with Gasteiger partial charge in [-0.15, -0.1) is 0 Å². The van der Waals surface area contributed by atoms with Crippen LogP contribution in [-0.2, 0) is 0 Å². The van der Waals surface area contributed by atoms with Crippen LogP contribution in [0.3, 0.4) is 0 Å². The van der Waals surface area contributed by atoms with Crippen LogP contribution in [0.2, 0.25) is 0 Å². The third-order valence-electron chi connectivity index (χ3n) is 8.92. The van der Waals surface area contributed by atoms with Crippen LogP contribution in [0.25, 0.3) is 0 Å². The van der Waals surface area contributed by atoms with Gasteiger partial charge in [0.25, 0.3) is 0 Å².